The first kappa shape index (κ1) is 23.2. The topological polar surface area (TPSA) is 79.5 Å². The standard InChI is InChI=1S/C18H18ClN3O3.C3H8/c1-4-14(11-12(2)19)22(3)17(24)10-9-16-20-18(21-25-16)13-5-7-15(23)8-6-13;1-3-2/h4-8,11,23H,1-2,9-10H2,3H3;3H2,1-2H3/b14-11+;. The maximum Gasteiger partial charge on any atom is 0.227 e. The summed E-state index contributed by atoms with van der Waals surface area (Å²) >= 11 is 5.74. The van der Waals surface area contributed by atoms with E-state index in [9.17, 15) is 9.90 Å². The number of hydrogen-bond donors (Lipinski definition) is 1. The van der Waals surface area contributed by atoms with E-state index in [4.69, 9.17) is 16.1 Å². The molecule has 1 aromatic heterocycles. The lowest BCUT2D eigenvalue weighted by Crippen LogP contribution is -2.25. The van der Waals surface area contributed by atoms with E-state index in [1.54, 1.807) is 25.3 Å². The second-order valence-corrected chi connectivity index (χ2v) is 6.42. The highest BCUT2D eigenvalue weighted by atomic mass is 35.5. The van der Waals surface area contributed by atoms with Crippen molar-refractivity contribution in [3.8, 4) is 17.1 Å². The van der Waals surface area contributed by atoms with Crippen LogP contribution in [0.4, 0.5) is 0 Å². The van der Waals surface area contributed by atoms with Crippen molar-refractivity contribution in [2.45, 2.75) is 33.1 Å². The fourth-order valence-electron chi connectivity index (χ4n) is 2.06. The molecule has 0 fully saturated rings. The Morgan fingerprint density at radius 2 is 1.93 bits per heavy atom. The van der Waals surface area contributed by atoms with E-state index >= 15 is 0 Å². The third kappa shape index (κ3) is 7.40. The molecule has 2 rings (SSSR count). The molecule has 0 aliphatic heterocycles. The number of phenolic OH excluding ortho intramolecular Hbond substituents is 1. The summed E-state index contributed by atoms with van der Waals surface area (Å²) in [5.41, 5.74) is 1.27. The van der Waals surface area contributed by atoms with E-state index in [-0.39, 0.29) is 18.1 Å². The van der Waals surface area contributed by atoms with Crippen molar-refractivity contribution in [2.75, 3.05) is 7.05 Å². The molecule has 6 nitrogen and oxygen atoms in total. The number of allylic oxidation sites excluding steroid dienone is 3. The molecule has 1 amide bonds. The summed E-state index contributed by atoms with van der Waals surface area (Å²) in [6, 6.07) is 6.45. The van der Waals surface area contributed by atoms with Crippen LogP contribution in [0.2, 0.25) is 0 Å². The Hall–Kier alpha value is -2.86. The maximum absolute atomic E-state index is 12.3. The molecule has 28 heavy (non-hydrogen) atoms. The molecule has 0 radical (unpaired) electrons. The van der Waals surface area contributed by atoms with E-state index in [2.05, 4.69) is 37.1 Å². The number of nitrogens with zero attached hydrogens (tertiary/aromatic N) is 3. The summed E-state index contributed by atoms with van der Waals surface area (Å²) in [6.07, 6.45) is 4.83. The first-order valence-electron chi connectivity index (χ1n) is 8.89. The van der Waals surface area contributed by atoms with Crippen LogP contribution in [0.25, 0.3) is 11.4 Å². The molecule has 0 aliphatic carbocycles. The van der Waals surface area contributed by atoms with Crippen LogP contribution in [0.15, 0.2) is 64.8 Å². The maximum atomic E-state index is 12.3. The van der Waals surface area contributed by atoms with Gasteiger partial charge in [-0.3, -0.25) is 4.79 Å². The minimum absolute atomic E-state index is 0.145. The molecule has 0 atom stereocenters. The van der Waals surface area contributed by atoms with Crippen molar-refractivity contribution in [1.82, 2.24) is 15.0 Å². The lowest BCUT2D eigenvalue weighted by atomic mass is 10.2. The van der Waals surface area contributed by atoms with Crippen LogP contribution in [0.1, 0.15) is 32.6 Å². The minimum Gasteiger partial charge on any atom is -0.508 e. The summed E-state index contributed by atoms with van der Waals surface area (Å²) in [7, 11) is 1.63. The third-order valence-corrected chi connectivity index (χ3v) is 3.53. The smallest absolute Gasteiger partial charge is 0.227 e. The van der Waals surface area contributed by atoms with E-state index in [0.717, 1.165) is 0 Å². The lowest BCUT2D eigenvalue weighted by Gasteiger charge is -2.17. The van der Waals surface area contributed by atoms with Crippen LogP contribution in [-0.2, 0) is 11.2 Å². The highest BCUT2D eigenvalue weighted by Gasteiger charge is 2.15. The molecular weight excluding hydrogens is 378 g/mol. The van der Waals surface area contributed by atoms with Gasteiger partial charge in [-0.25, -0.2) is 0 Å². The Balaban J connectivity index is 0.00000122. The van der Waals surface area contributed by atoms with Gasteiger partial charge >= 0.3 is 0 Å². The van der Waals surface area contributed by atoms with Gasteiger partial charge in [0.05, 0.1) is 0 Å². The molecule has 0 aliphatic rings. The molecule has 0 spiro atoms. The third-order valence-electron chi connectivity index (χ3n) is 3.42. The Kier molecular flexibility index (Phi) is 9.74. The SMILES string of the molecule is C=C/C(=C\C(=C)Cl)N(C)C(=O)CCc1nc(-c2ccc(O)cc2)no1.CCC. The Labute approximate surface area is 170 Å². The number of aromatic nitrogens is 2. The predicted molar refractivity (Wildman–Crippen MR) is 112 cm³/mol. The Bertz CT molecular complexity index is 826. The van der Waals surface area contributed by atoms with E-state index in [0.29, 0.717) is 34.4 Å². The van der Waals surface area contributed by atoms with Crippen LogP contribution in [-0.4, -0.2) is 33.1 Å². The highest BCUT2D eigenvalue weighted by Crippen LogP contribution is 2.19. The number of aromatic hydroxyl groups is 1. The van der Waals surface area contributed by atoms with E-state index in [1.165, 1.54) is 29.5 Å². The van der Waals surface area contributed by atoms with Gasteiger partial charge in [-0.2, -0.15) is 4.98 Å². The molecule has 2 aromatic rings. The summed E-state index contributed by atoms with van der Waals surface area (Å²) < 4.78 is 5.17. The number of hydrogen-bond acceptors (Lipinski definition) is 5. The Morgan fingerprint density at radius 1 is 1.32 bits per heavy atom. The number of benzene rings is 1. The van der Waals surface area contributed by atoms with Crippen molar-refractivity contribution >= 4 is 17.5 Å². The quantitative estimate of drug-likeness (QED) is 0.652. The molecule has 1 heterocycles. The second kappa shape index (κ2) is 11.8. The predicted octanol–water partition coefficient (Wildman–Crippen LogP) is 5.07. The van der Waals surface area contributed by atoms with Crippen LogP contribution in [0.5, 0.6) is 5.75 Å². The summed E-state index contributed by atoms with van der Waals surface area (Å²) in [4.78, 5) is 18.0. The molecule has 150 valence electrons. The number of amides is 1. The molecule has 0 unspecified atom stereocenters. The molecule has 0 saturated carbocycles. The number of rotatable bonds is 7. The van der Waals surface area contributed by atoms with Crippen LogP contribution >= 0.6 is 11.6 Å². The van der Waals surface area contributed by atoms with Gasteiger partial charge in [-0.05, 0) is 36.4 Å². The number of carbonyl (C=O) groups is 1. The van der Waals surface area contributed by atoms with Gasteiger partial charge in [-0.1, -0.05) is 50.2 Å². The fourth-order valence-corrected chi connectivity index (χ4v) is 2.17. The molecule has 1 aromatic carbocycles. The normalized spacial score (nSPS) is 10.6. The Morgan fingerprint density at radius 3 is 2.46 bits per heavy atom. The lowest BCUT2D eigenvalue weighted by molar-refractivity contribution is -0.128. The molecular formula is C21H26ClN3O3. The molecule has 1 N–H and O–H groups in total. The number of phenols is 1. The van der Waals surface area contributed by atoms with Crippen molar-refractivity contribution in [2.24, 2.45) is 0 Å². The fraction of sp³-hybridized carbons (Fsp3) is 0.286. The van der Waals surface area contributed by atoms with Gasteiger partial charge in [0.15, 0.2) is 0 Å². The van der Waals surface area contributed by atoms with Gasteiger partial charge in [0.2, 0.25) is 17.6 Å². The largest absolute Gasteiger partial charge is 0.508 e. The van der Waals surface area contributed by atoms with Gasteiger partial charge in [0.1, 0.15) is 5.75 Å². The van der Waals surface area contributed by atoms with Crippen LogP contribution in [0.3, 0.4) is 0 Å². The summed E-state index contributed by atoms with van der Waals surface area (Å²) in [5, 5.41) is 13.5. The number of likely N-dealkylation sites (N-methyl/N-ethyl adjacent to an activating group) is 1. The number of aryl methyl sites for hydroxylation is 1. The van der Waals surface area contributed by atoms with Crippen molar-refractivity contribution in [3.05, 3.63) is 66.2 Å². The highest BCUT2D eigenvalue weighted by molar-refractivity contribution is 6.30. The summed E-state index contributed by atoms with van der Waals surface area (Å²) in [6.45, 7) is 11.5. The average molecular weight is 404 g/mol. The van der Waals surface area contributed by atoms with Gasteiger partial charge in [0, 0.05) is 36.2 Å². The minimum atomic E-state index is -0.145. The average Bonchev–Trinajstić information content (AvgIpc) is 3.13. The van der Waals surface area contributed by atoms with Crippen molar-refractivity contribution < 1.29 is 14.4 Å². The second-order valence-electron chi connectivity index (χ2n) is 5.94. The van der Waals surface area contributed by atoms with Crippen molar-refractivity contribution in [3.63, 3.8) is 0 Å². The van der Waals surface area contributed by atoms with Crippen LogP contribution < -0.4 is 0 Å². The number of carbonyl (C=O) groups excluding carboxylic acids is 1. The van der Waals surface area contributed by atoms with Crippen molar-refractivity contribution in [1.29, 1.82) is 0 Å². The monoisotopic (exact) mass is 403 g/mol. The zero-order valence-electron chi connectivity index (χ0n) is 16.5. The summed E-state index contributed by atoms with van der Waals surface area (Å²) in [5.74, 6) is 0.775. The van der Waals surface area contributed by atoms with E-state index < -0.39 is 0 Å². The first-order valence-corrected chi connectivity index (χ1v) is 9.27. The molecule has 7 heteroatoms. The van der Waals surface area contributed by atoms with E-state index in [1.807, 2.05) is 0 Å². The molecule has 0 saturated heterocycles. The first-order chi connectivity index (χ1) is 13.3. The van der Waals surface area contributed by atoms with Gasteiger partial charge in [-0.15, -0.1) is 0 Å². The van der Waals surface area contributed by atoms with Gasteiger partial charge in [0.25, 0.3) is 0 Å². The zero-order chi connectivity index (χ0) is 21.1. The zero-order valence-corrected chi connectivity index (χ0v) is 17.2. The molecule has 0 bridgehead atoms. The van der Waals surface area contributed by atoms with Gasteiger partial charge < -0.3 is 14.5 Å². The number of halogens is 1. The van der Waals surface area contributed by atoms with Crippen LogP contribution in [0, 0.1) is 0 Å².